The van der Waals surface area contributed by atoms with Gasteiger partial charge in [0.25, 0.3) is 0 Å². The maximum atomic E-state index is 13.8. The van der Waals surface area contributed by atoms with Crippen LogP contribution in [-0.2, 0) is 15.2 Å². The van der Waals surface area contributed by atoms with Crippen molar-refractivity contribution in [1.29, 1.82) is 0 Å². The summed E-state index contributed by atoms with van der Waals surface area (Å²) in [5.74, 6) is -1.97. The fraction of sp³-hybridized carbons (Fsp3) is 0.409. The second-order valence-electron chi connectivity index (χ2n) is 8.07. The highest BCUT2D eigenvalue weighted by atomic mass is 35.5. The van der Waals surface area contributed by atoms with E-state index in [9.17, 15) is 18.7 Å². The number of carbonyl (C=O) groups excluding carboxylic acids is 1. The lowest BCUT2D eigenvalue weighted by Gasteiger charge is -2.37. The summed E-state index contributed by atoms with van der Waals surface area (Å²) in [7, 11) is 1.40. The van der Waals surface area contributed by atoms with Crippen LogP contribution in [0.5, 0.6) is 5.75 Å². The zero-order chi connectivity index (χ0) is 21.5. The summed E-state index contributed by atoms with van der Waals surface area (Å²) in [6.45, 7) is 0. The number of aromatic hydroxyl groups is 1. The van der Waals surface area contributed by atoms with Crippen LogP contribution >= 0.6 is 11.6 Å². The van der Waals surface area contributed by atoms with Crippen molar-refractivity contribution in [1.82, 2.24) is 0 Å². The molecule has 0 radical (unpaired) electrons. The number of hydrogen-bond acceptors (Lipinski definition) is 5. The standard InChI is InChI=1S/C22H23ClF2N2O3/c1-30-21(29)13-4-2-12(3-5-13)11-22(15-7-6-14(23)8-20(15)28)26-18-9-16(24)17(25)10-19(18)27-22/h6-10,12-13,26-28H,2-5,11H2,1H3. The lowest BCUT2D eigenvalue weighted by atomic mass is 9.76. The molecule has 0 unspecified atom stereocenters. The Labute approximate surface area is 178 Å². The van der Waals surface area contributed by atoms with E-state index >= 15 is 0 Å². The molecule has 1 fully saturated rings. The van der Waals surface area contributed by atoms with Gasteiger partial charge in [-0.15, -0.1) is 0 Å². The zero-order valence-corrected chi connectivity index (χ0v) is 17.2. The molecule has 4 rings (SSSR count). The van der Waals surface area contributed by atoms with E-state index in [0.717, 1.165) is 37.8 Å². The van der Waals surface area contributed by atoms with E-state index in [4.69, 9.17) is 16.3 Å². The summed E-state index contributed by atoms with van der Waals surface area (Å²) >= 11 is 6.01. The number of benzene rings is 2. The Kier molecular flexibility index (Phi) is 5.49. The highest BCUT2D eigenvalue weighted by Gasteiger charge is 2.43. The fourth-order valence-electron chi connectivity index (χ4n) is 4.66. The Bertz CT molecular complexity index is 946. The number of nitrogens with one attached hydrogen (secondary N) is 2. The number of phenolic OH excluding ortho intramolecular Hbond substituents is 1. The summed E-state index contributed by atoms with van der Waals surface area (Å²) in [4.78, 5) is 11.8. The average molecular weight is 437 g/mol. The smallest absolute Gasteiger partial charge is 0.308 e. The second kappa shape index (κ2) is 7.95. The molecule has 0 amide bonds. The van der Waals surface area contributed by atoms with Gasteiger partial charge in [-0.05, 0) is 56.2 Å². The van der Waals surface area contributed by atoms with Gasteiger partial charge in [-0.2, -0.15) is 0 Å². The first kappa shape index (κ1) is 20.7. The largest absolute Gasteiger partial charge is 0.507 e. The lowest BCUT2D eigenvalue weighted by molar-refractivity contribution is -0.146. The molecule has 0 aromatic heterocycles. The van der Waals surface area contributed by atoms with Crippen molar-refractivity contribution in [3.63, 3.8) is 0 Å². The highest BCUT2D eigenvalue weighted by Crippen LogP contribution is 2.48. The number of anilines is 2. The van der Waals surface area contributed by atoms with E-state index in [1.807, 2.05) is 0 Å². The summed E-state index contributed by atoms with van der Waals surface area (Å²) in [5, 5.41) is 17.5. The van der Waals surface area contributed by atoms with E-state index in [2.05, 4.69) is 10.6 Å². The number of esters is 1. The van der Waals surface area contributed by atoms with Crippen molar-refractivity contribution in [2.75, 3.05) is 17.7 Å². The normalized spacial score (nSPS) is 22.0. The predicted octanol–water partition coefficient (Wildman–Crippen LogP) is 5.38. The van der Waals surface area contributed by atoms with Crippen LogP contribution in [0.2, 0.25) is 5.02 Å². The Balaban J connectivity index is 1.64. The molecule has 2 aliphatic rings. The number of halogens is 3. The Morgan fingerprint density at radius 3 is 2.27 bits per heavy atom. The molecule has 3 N–H and O–H groups in total. The van der Waals surface area contributed by atoms with Crippen molar-refractivity contribution in [3.8, 4) is 5.75 Å². The quantitative estimate of drug-likeness (QED) is 0.561. The fourth-order valence-corrected chi connectivity index (χ4v) is 4.83. The van der Waals surface area contributed by atoms with Crippen LogP contribution in [0.3, 0.4) is 0 Å². The number of rotatable bonds is 4. The van der Waals surface area contributed by atoms with Crippen LogP contribution in [0.4, 0.5) is 20.2 Å². The van der Waals surface area contributed by atoms with Crippen LogP contribution in [0, 0.1) is 23.5 Å². The summed E-state index contributed by atoms with van der Waals surface area (Å²) in [6, 6.07) is 7.04. The molecule has 8 heteroatoms. The SMILES string of the molecule is COC(=O)C1CCC(CC2(c3ccc(Cl)cc3O)Nc3cc(F)c(F)cc3N2)CC1. The highest BCUT2D eigenvalue weighted by molar-refractivity contribution is 6.30. The Hall–Kier alpha value is -2.54. The molecule has 1 aliphatic heterocycles. The molecular formula is C22H23ClF2N2O3. The third-order valence-corrected chi connectivity index (χ3v) is 6.39. The minimum absolute atomic E-state index is 0.0144. The number of hydrogen-bond donors (Lipinski definition) is 3. The monoisotopic (exact) mass is 436 g/mol. The van der Waals surface area contributed by atoms with Crippen LogP contribution < -0.4 is 10.6 Å². The van der Waals surface area contributed by atoms with Gasteiger partial charge in [0.15, 0.2) is 11.6 Å². The van der Waals surface area contributed by atoms with E-state index in [1.54, 1.807) is 12.1 Å². The van der Waals surface area contributed by atoms with Crippen LogP contribution in [0.1, 0.15) is 37.7 Å². The predicted molar refractivity (Wildman–Crippen MR) is 110 cm³/mol. The molecule has 5 nitrogen and oxygen atoms in total. The Morgan fingerprint density at radius 2 is 1.73 bits per heavy atom. The van der Waals surface area contributed by atoms with Gasteiger partial charge in [-0.1, -0.05) is 11.6 Å². The van der Waals surface area contributed by atoms with Gasteiger partial charge in [0.05, 0.1) is 24.4 Å². The van der Waals surface area contributed by atoms with Gasteiger partial charge < -0.3 is 20.5 Å². The molecule has 2 aromatic rings. The van der Waals surface area contributed by atoms with Crippen molar-refractivity contribution in [2.24, 2.45) is 11.8 Å². The molecule has 0 atom stereocenters. The van der Waals surface area contributed by atoms with Crippen molar-refractivity contribution in [3.05, 3.63) is 52.6 Å². The molecule has 0 spiro atoms. The lowest BCUT2D eigenvalue weighted by Crippen LogP contribution is -2.41. The number of phenols is 1. The van der Waals surface area contributed by atoms with Gasteiger partial charge >= 0.3 is 5.97 Å². The van der Waals surface area contributed by atoms with E-state index in [0.29, 0.717) is 28.4 Å². The third kappa shape index (κ3) is 3.78. The molecule has 1 heterocycles. The third-order valence-electron chi connectivity index (χ3n) is 6.15. The second-order valence-corrected chi connectivity index (χ2v) is 8.51. The molecule has 1 saturated carbocycles. The molecule has 30 heavy (non-hydrogen) atoms. The van der Waals surface area contributed by atoms with Crippen LogP contribution in [0.25, 0.3) is 0 Å². The maximum absolute atomic E-state index is 13.8. The van der Waals surface area contributed by atoms with E-state index in [-0.39, 0.29) is 23.6 Å². The van der Waals surface area contributed by atoms with Gasteiger partial charge in [-0.25, -0.2) is 8.78 Å². The minimum Gasteiger partial charge on any atom is -0.507 e. The average Bonchev–Trinajstić information content (AvgIpc) is 3.05. The van der Waals surface area contributed by atoms with Gasteiger partial charge in [0.2, 0.25) is 0 Å². The molecule has 1 aliphatic carbocycles. The number of carbonyl (C=O) groups is 1. The summed E-state index contributed by atoms with van der Waals surface area (Å²) in [5.41, 5.74) is 0.428. The number of fused-ring (bicyclic) bond motifs is 1. The molecule has 0 bridgehead atoms. The van der Waals surface area contributed by atoms with E-state index < -0.39 is 17.3 Å². The number of ether oxygens (including phenoxy) is 1. The first-order chi connectivity index (χ1) is 14.3. The molecular weight excluding hydrogens is 414 g/mol. The number of methoxy groups -OCH3 is 1. The van der Waals surface area contributed by atoms with Gasteiger partial charge in [0, 0.05) is 22.7 Å². The Morgan fingerprint density at radius 1 is 1.13 bits per heavy atom. The van der Waals surface area contributed by atoms with Gasteiger partial charge in [0.1, 0.15) is 11.4 Å². The molecule has 160 valence electrons. The zero-order valence-electron chi connectivity index (χ0n) is 16.5. The topological polar surface area (TPSA) is 70.6 Å². The van der Waals surface area contributed by atoms with Crippen LogP contribution in [0.15, 0.2) is 30.3 Å². The van der Waals surface area contributed by atoms with Crippen molar-refractivity contribution in [2.45, 2.75) is 37.8 Å². The molecule has 0 saturated heterocycles. The minimum atomic E-state index is -0.958. The molecule has 2 aromatic carbocycles. The van der Waals surface area contributed by atoms with E-state index in [1.165, 1.54) is 13.2 Å². The first-order valence-electron chi connectivity index (χ1n) is 9.93. The van der Waals surface area contributed by atoms with Gasteiger partial charge in [-0.3, -0.25) is 4.79 Å². The first-order valence-corrected chi connectivity index (χ1v) is 10.3. The summed E-state index contributed by atoms with van der Waals surface area (Å²) in [6.07, 6.45) is 3.59. The van der Waals surface area contributed by atoms with Crippen molar-refractivity contribution >= 4 is 28.9 Å². The van der Waals surface area contributed by atoms with Crippen molar-refractivity contribution < 1.29 is 23.4 Å². The summed E-state index contributed by atoms with van der Waals surface area (Å²) < 4.78 is 32.5. The maximum Gasteiger partial charge on any atom is 0.308 e. The van der Waals surface area contributed by atoms with Crippen LogP contribution in [-0.4, -0.2) is 18.2 Å².